The van der Waals surface area contributed by atoms with Crippen molar-refractivity contribution in [2.75, 3.05) is 6.61 Å². The molecule has 7 nitrogen and oxygen atoms in total. The second-order valence-corrected chi connectivity index (χ2v) is 9.55. The monoisotopic (exact) mass is 436 g/mol. The molecule has 0 saturated carbocycles. The quantitative estimate of drug-likeness (QED) is 0.576. The molecular formula is C25H32N4O3. The van der Waals surface area contributed by atoms with Crippen molar-refractivity contribution in [3.05, 3.63) is 48.4 Å². The van der Waals surface area contributed by atoms with Crippen molar-refractivity contribution in [2.45, 2.75) is 59.0 Å². The lowest BCUT2D eigenvalue weighted by molar-refractivity contribution is 0.0187. The largest absolute Gasteiger partial charge is 0.492 e. The van der Waals surface area contributed by atoms with E-state index in [1.807, 2.05) is 47.6 Å². The van der Waals surface area contributed by atoms with Crippen LogP contribution < -0.4 is 4.74 Å². The molecule has 170 valence electrons. The zero-order valence-corrected chi connectivity index (χ0v) is 19.7. The summed E-state index contributed by atoms with van der Waals surface area (Å²) in [6.07, 6.45) is 2.89. The number of hydrogen-bond donors (Lipinski definition) is 1. The Kier molecular flexibility index (Phi) is 7.63. The third-order valence-electron chi connectivity index (χ3n) is 5.09. The average molecular weight is 437 g/mol. The SMILES string of the molecule is C=Cc1nccc(-c2ccc(OC[C@@H](C)CC(C)(C)N(C(=O)O)C(C)(C)C)c(C#N)c2)n1. The van der Waals surface area contributed by atoms with E-state index in [-0.39, 0.29) is 5.92 Å². The van der Waals surface area contributed by atoms with Crippen molar-refractivity contribution in [1.29, 1.82) is 5.26 Å². The first-order valence-corrected chi connectivity index (χ1v) is 10.5. The molecule has 1 amide bonds. The number of nitriles is 1. The van der Waals surface area contributed by atoms with E-state index in [0.29, 0.717) is 35.9 Å². The summed E-state index contributed by atoms with van der Waals surface area (Å²) >= 11 is 0. The summed E-state index contributed by atoms with van der Waals surface area (Å²) in [6, 6.07) is 9.32. The van der Waals surface area contributed by atoms with Crippen LogP contribution in [0.5, 0.6) is 5.75 Å². The number of nitrogens with zero attached hydrogens (tertiary/aromatic N) is 4. The highest BCUT2D eigenvalue weighted by molar-refractivity contribution is 5.67. The van der Waals surface area contributed by atoms with Gasteiger partial charge in [-0.15, -0.1) is 0 Å². The molecule has 0 saturated heterocycles. The molecule has 0 unspecified atom stereocenters. The van der Waals surface area contributed by atoms with Gasteiger partial charge in [0.15, 0.2) is 5.82 Å². The summed E-state index contributed by atoms with van der Waals surface area (Å²) in [5.74, 6) is 1.07. The first-order chi connectivity index (χ1) is 14.9. The minimum absolute atomic E-state index is 0.0671. The van der Waals surface area contributed by atoms with Gasteiger partial charge in [-0.3, -0.25) is 4.90 Å². The molecular weight excluding hydrogens is 404 g/mol. The second kappa shape index (κ2) is 9.82. The molecule has 2 rings (SSSR count). The predicted molar refractivity (Wildman–Crippen MR) is 125 cm³/mol. The molecule has 1 aromatic heterocycles. The molecule has 0 aliphatic rings. The molecule has 32 heavy (non-hydrogen) atoms. The molecule has 1 atom stereocenters. The van der Waals surface area contributed by atoms with Gasteiger partial charge in [-0.2, -0.15) is 5.26 Å². The highest BCUT2D eigenvalue weighted by Gasteiger charge is 2.39. The Labute approximate surface area is 190 Å². The van der Waals surface area contributed by atoms with Crippen molar-refractivity contribution in [3.63, 3.8) is 0 Å². The van der Waals surface area contributed by atoms with Gasteiger partial charge in [-0.1, -0.05) is 13.5 Å². The summed E-state index contributed by atoms with van der Waals surface area (Å²) in [6.45, 7) is 15.6. The maximum Gasteiger partial charge on any atom is 0.408 e. The Morgan fingerprint density at radius 1 is 1.31 bits per heavy atom. The fourth-order valence-electron chi connectivity index (χ4n) is 4.22. The number of ether oxygens (including phenoxy) is 1. The lowest BCUT2D eigenvalue weighted by atomic mass is 9.87. The lowest BCUT2D eigenvalue weighted by Crippen LogP contribution is -2.57. The van der Waals surface area contributed by atoms with E-state index >= 15 is 0 Å². The molecule has 0 aliphatic carbocycles. The topological polar surface area (TPSA) is 99.3 Å². The molecule has 0 spiro atoms. The van der Waals surface area contributed by atoms with E-state index in [0.717, 1.165) is 5.56 Å². The van der Waals surface area contributed by atoms with Crippen LogP contribution in [0.1, 0.15) is 59.4 Å². The molecule has 1 heterocycles. The van der Waals surface area contributed by atoms with Gasteiger partial charge in [0.2, 0.25) is 0 Å². The van der Waals surface area contributed by atoms with Crippen LogP contribution in [-0.2, 0) is 0 Å². The zero-order valence-electron chi connectivity index (χ0n) is 19.7. The van der Waals surface area contributed by atoms with E-state index in [2.05, 4.69) is 22.6 Å². The second-order valence-electron chi connectivity index (χ2n) is 9.55. The van der Waals surface area contributed by atoms with Crippen LogP contribution in [0.4, 0.5) is 4.79 Å². The number of amides is 1. The van der Waals surface area contributed by atoms with Crippen molar-refractivity contribution in [3.8, 4) is 23.1 Å². The van der Waals surface area contributed by atoms with Gasteiger partial charge in [-0.25, -0.2) is 14.8 Å². The molecule has 2 aromatic rings. The van der Waals surface area contributed by atoms with Crippen LogP contribution in [-0.4, -0.2) is 43.8 Å². The average Bonchev–Trinajstić information content (AvgIpc) is 2.70. The van der Waals surface area contributed by atoms with Crippen LogP contribution >= 0.6 is 0 Å². The zero-order chi connectivity index (χ0) is 24.1. The number of benzene rings is 1. The first kappa shape index (κ1) is 24.9. The molecule has 1 N–H and O–H groups in total. The van der Waals surface area contributed by atoms with Crippen LogP contribution in [0.2, 0.25) is 0 Å². The molecule has 0 fully saturated rings. The van der Waals surface area contributed by atoms with Gasteiger partial charge < -0.3 is 9.84 Å². The smallest absolute Gasteiger partial charge is 0.408 e. The van der Waals surface area contributed by atoms with Gasteiger partial charge in [0, 0.05) is 22.8 Å². The van der Waals surface area contributed by atoms with Crippen molar-refractivity contribution in [2.24, 2.45) is 5.92 Å². The maximum absolute atomic E-state index is 11.9. The Balaban J connectivity index is 2.13. The Hall–Kier alpha value is -3.40. The highest BCUT2D eigenvalue weighted by atomic mass is 16.5. The molecule has 0 bridgehead atoms. The van der Waals surface area contributed by atoms with Gasteiger partial charge in [0.1, 0.15) is 11.8 Å². The third-order valence-corrected chi connectivity index (χ3v) is 5.09. The standard InChI is InChI=1S/C25H32N4O3/c1-8-22-27-12-11-20(28-22)18-9-10-21(19(13-18)15-26)32-16-17(2)14-25(6,7)29(23(30)31)24(3,4)5/h8-13,17H,1,14,16H2,2-7H3,(H,30,31)/t17-/m0/s1. The van der Waals surface area contributed by atoms with E-state index in [9.17, 15) is 15.2 Å². The Morgan fingerprint density at radius 2 is 2.00 bits per heavy atom. The molecule has 1 aromatic carbocycles. The summed E-state index contributed by atoms with van der Waals surface area (Å²) in [5.41, 5.74) is 0.797. The number of hydrogen-bond acceptors (Lipinski definition) is 5. The highest BCUT2D eigenvalue weighted by Crippen LogP contribution is 2.31. The van der Waals surface area contributed by atoms with Crippen molar-refractivity contribution >= 4 is 12.2 Å². The summed E-state index contributed by atoms with van der Waals surface area (Å²) in [5, 5.41) is 19.3. The Morgan fingerprint density at radius 3 is 2.56 bits per heavy atom. The predicted octanol–water partition coefficient (Wildman–Crippen LogP) is 5.62. The fourth-order valence-corrected chi connectivity index (χ4v) is 4.22. The van der Waals surface area contributed by atoms with Gasteiger partial charge >= 0.3 is 6.09 Å². The normalized spacial score (nSPS) is 12.5. The summed E-state index contributed by atoms with van der Waals surface area (Å²) in [4.78, 5) is 21.9. The van der Waals surface area contributed by atoms with Gasteiger partial charge in [0.05, 0.1) is 17.9 Å². The van der Waals surface area contributed by atoms with E-state index < -0.39 is 17.2 Å². The van der Waals surface area contributed by atoms with Crippen molar-refractivity contribution in [1.82, 2.24) is 14.9 Å². The Bertz CT molecular complexity index is 1020. The molecule has 0 aliphatic heterocycles. The van der Waals surface area contributed by atoms with Crippen LogP contribution in [0, 0.1) is 17.2 Å². The number of carboxylic acid groups (broad SMARTS) is 1. The minimum Gasteiger partial charge on any atom is -0.492 e. The van der Waals surface area contributed by atoms with Crippen molar-refractivity contribution < 1.29 is 14.6 Å². The van der Waals surface area contributed by atoms with Crippen LogP contribution in [0.15, 0.2) is 37.0 Å². The van der Waals surface area contributed by atoms with E-state index in [1.165, 1.54) is 4.90 Å². The molecule has 0 radical (unpaired) electrons. The van der Waals surface area contributed by atoms with Crippen LogP contribution in [0.25, 0.3) is 17.3 Å². The van der Waals surface area contributed by atoms with Gasteiger partial charge in [0.25, 0.3) is 0 Å². The maximum atomic E-state index is 11.9. The summed E-state index contributed by atoms with van der Waals surface area (Å²) in [7, 11) is 0. The van der Waals surface area contributed by atoms with Crippen LogP contribution in [0.3, 0.4) is 0 Å². The number of carbonyl (C=O) groups is 1. The van der Waals surface area contributed by atoms with E-state index in [1.54, 1.807) is 30.5 Å². The van der Waals surface area contributed by atoms with Gasteiger partial charge in [-0.05, 0) is 77.3 Å². The summed E-state index contributed by atoms with van der Waals surface area (Å²) < 4.78 is 5.96. The fraction of sp³-hybridized carbons (Fsp3) is 0.440. The first-order valence-electron chi connectivity index (χ1n) is 10.5. The lowest BCUT2D eigenvalue weighted by Gasteiger charge is -2.46. The molecule has 7 heteroatoms. The number of aromatic nitrogens is 2. The third kappa shape index (κ3) is 6.07. The minimum atomic E-state index is -0.942. The van der Waals surface area contributed by atoms with E-state index in [4.69, 9.17) is 4.74 Å². The number of rotatable bonds is 8.